The molecule has 1 fully saturated rings. The van der Waals surface area contributed by atoms with Gasteiger partial charge in [0.05, 0.1) is 11.0 Å². The van der Waals surface area contributed by atoms with Crippen LogP contribution in [-0.2, 0) is 4.79 Å². The average Bonchev–Trinajstić information content (AvgIpc) is 2.88. The summed E-state index contributed by atoms with van der Waals surface area (Å²) in [5.41, 5.74) is -0.00531. The molecule has 7 nitrogen and oxygen atoms in total. The third-order valence-corrected chi connectivity index (χ3v) is 3.33. The number of carbonyl (C=O) groups excluding carboxylic acids is 1. The van der Waals surface area contributed by atoms with E-state index >= 15 is 0 Å². The van der Waals surface area contributed by atoms with Gasteiger partial charge in [0.2, 0.25) is 5.91 Å². The molecule has 2 heterocycles. The van der Waals surface area contributed by atoms with E-state index in [9.17, 15) is 14.9 Å². The first-order chi connectivity index (χ1) is 8.61. The standard InChI is InChI=1S/C10H13ClN4O3/c11-5-10(16)13-3-1-8(2-4-13)14-7-9(6-12-14)15(17)18/h6-8H,1-5H2. The van der Waals surface area contributed by atoms with Crippen LogP contribution in [0, 0.1) is 10.1 Å². The summed E-state index contributed by atoms with van der Waals surface area (Å²) in [4.78, 5) is 23.2. The van der Waals surface area contributed by atoms with Crippen molar-refractivity contribution in [3.05, 3.63) is 22.5 Å². The van der Waals surface area contributed by atoms with Gasteiger partial charge in [-0.15, -0.1) is 11.6 Å². The summed E-state index contributed by atoms with van der Waals surface area (Å²) in [6.07, 6.45) is 4.16. The highest BCUT2D eigenvalue weighted by Gasteiger charge is 2.24. The van der Waals surface area contributed by atoms with E-state index in [1.807, 2.05) is 0 Å². The van der Waals surface area contributed by atoms with Crippen LogP contribution in [-0.4, -0.2) is 44.5 Å². The van der Waals surface area contributed by atoms with E-state index in [0.29, 0.717) is 13.1 Å². The molecule has 1 amide bonds. The minimum absolute atomic E-state index is 0.00208. The zero-order valence-electron chi connectivity index (χ0n) is 9.66. The Balaban J connectivity index is 1.96. The third-order valence-electron chi connectivity index (χ3n) is 3.10. The van der Waals surface area contributed by atoms with Crippen molar-refractivity contribution in [3.8, 4) is 0 Å². The van der Waals surface area contributed by atoms with Crippen LogP contribution in [0.3, 0.4) is 0 Å². The Morgan fingerprint density at radius 2 is 2.22 bits per heavy atom. The molecule has 0 spiro atoms. The molecule has 98 valence electrons. The number of aromatic nitrogens is 2. The minimum Gasteiger partial charge on any atom is -0.342 e. The molecular weight excluding hydrogens is 260 g/mol. The van der Waals surface area contributed by atoms with Crippen LogP contribution in [0.25, 0.3) is 0 Å². The SMILES string of the molecule is O=C(CCl)N1CCC(n2cc([N+](=O)[O-])cn2)CC1. The molecule has 0 bridgehead atoms. The van der Waals surface area contributed by atoms with E-state index in [1.54, 1.807) is 9.58 Å². The smallest absolute Gasteiger partial charge is 0.307 e. The van der Waals surface area contributed by atoms with Gasteiger partial charge in [0.15, 0.2) is 0 Å². The number of hydrogen-bond acceptors (Lipinski definition) is 4. The largest absolute Gasteiger partial charge is 0.342 e. The van der Waals surface area contributed by atoms with Crippen LogP contribution in [0.1, 0.15) is 18.9 Å². The summed E-state index contributed by atoms with van der Waals surface area (Å²) in [6, 6.07) is 0.109. The van der Waals surface area contributed by atoms with Crippen LogP contribution in [0.5, 0.6) is 0 Å². The van der Waals surface area contributed by atoms with Crippen molar-refractivity contribution >= 4 is 23.2 Å². The topological polar surface area (TPSA) is 81.3 Å². The second kappa shape index (κ2) is 5.34. The third kappa shape index (κ3) is 2.61. The van der Waals surface area contributed by atoms with Crippen LogP contribution >= 0.6 is 11.6 Å². The molecular formula is C10H13ClN4O3. The van der Waals surface area contributed by atoms with Crippen molar-refractivity contribution < 1.29 is 9.72 Å². The Kier molecular flexibility index (Phi) is 3.81. The minimum atomic E-state index is -0.463. The Morgan fingerprint density at radius 1 is 1.56 bits per heavy atom. The van der Waals surface area contributed by atoms with Gasteiger partial charge < -0.3 is 4.90 Å². The Labute approximate surface area is 108 Å². The highest BCUT2D eigenvalue weighted by atomic mass is 35.5. The van der Waals surface area contributed by atoms with Crippen molar-refractivity contribution in [2.75, 3.05) is 19.0 Å². The molecule has 1 aromatic rings. The predicted molar refractivity (Wildman–Crippen MR) is 64.5 cm³/mol. The Bertz CT molecular complexity index is 454. The maximum absolute atomic E-state index is 11.4. The number of nitro groups is 1. The molecule has 8 heteroatoms. The van der Waals surface area contributed by atoms with E-state index in [0.717, 1.165) is 12.8 Å². The molecule has 0 radical (unpaired) electrons. The molecule has 2 rings (SSSR count). The van der Waals surface area contributed by atoms with Crippen molar-refractivity contribution in [2.45, 2.75) is 18.9 Å². The lowest BCUT2D eigenvalue weighted by atomic mass is 10.1. The monoisotopic (exact) mass is 272 g/mol. The number of piperidine rings is 1. The van der Waals surface area contributed by atoms with Crippen LogP contribution < -0.4 is 0 Å². The summed E-state index contributed by atoms with van der Waals surface area (Å²) in [5.74, 6) is -0.0701. The van der Waals surface area contributed by atoms with E-state index in [1.165, 1.54) is 12.4 Å². The number of likely N-dealkylation sites (tertiary alicyclic amines) is 1. The molecule has 0 aliphatic carbocycles. The quantitative estimate of drug-likeness (QED) is 0.470. The summed E-state index contributed by atoms with van der Waals surface area (Å²) >= 11 is 5.49. The summed E-state index contributed by atoms with van der Waals surface area (Å²) in [7, 11) is 0. The van der Waals surface area contributed by atoms with Crippen LogP contribution in [0.4, 0.5) is 5.69 Å². The normalized spacial score (nSPS) is 16.8. The fourth-order valence-corrected chi connectivity index (χ4v) is 2.26. The van der Waals surface area contributed by atoms with Crippen LogP contribution in [0.2, 0.25) is 0 Å². The van der Waals surface area contributed by atoms with Crippen LogP contribution in [0.15, 0.2) is 12.4 Å². The molecule has 0 N–H and O–H groups in total. The van der Waals surface area contributed by atoms with Crippen molar-refractivity contribution in [2.24, 2.45) is 0 Å². The van der Waals surface area contributed by atoms with E-state index < -0.39 is 4.92 Å². The zero-order valence-corrected chi connectivity index (χ0v) is 10.4. The number of nitrogens with zero attached hydrogens (tertiary/aromatic N) is 4. The molecule has 18 heavy (non-hydrogen) atoms. The summed E-state index contributed by atoms with van der Waals surface area (Å²) in [5, 5.41) is 14.6. The van der Waals surface area contributed by atoms with Gasteiger partial charge in [-0.05, 0) is 12.8 Å². The molecule has 1 aliphatic heterocycles. The van der Waals surface area contributed by atoms with Gasteiger partial charge in [0, 0.05) is 13.1 Å². The second-order valence-electron chi connectivity index (χ2n) is 4.18. The first-order valence-electron chi connectivity index (χ1n) is 5.64. The Morgan fingerprint density at radius 3 is 2.72 bits per heavy atom. The number of alkyl halides is 1. The number of halogens is 1. The van der Waals surface area contributed by atoms with Gasteiger partial charge in [-0.25, -0.2) is 0 Å². The highest BCUT2D eigenvalue weighted by Crippen LogP contribution is 2.23. The van der Waals surface area contributed by atoms with E-state index in [-0.39, 0.29) is 23.5 Å². The predicted octanol–water partition coefficient (Wildman–Crippen LogP) is 1.19. The molecule has 0 atom stereocenters. The average molecular weight is 273 g/mol. The maximum Gasteiger partial charge on any atom is 0.307 e. The maximum atomic E-state index is 11.4. The summed E-state index contributed by atoms with van der Waals surface area (Å²) < 4.78 is 1.61. The van der Waals surface area contributed by atoms with E-state index in [4.69, 9.17) is 11.6 Å². The molecule has 0 unspecified atom stereocenters. The number of amides is 1. The fraction of sp³-hybridized carbons (Fsp3) is 0.600. The van der Waals surface area contributed by atoms with Gasteiger partial charge in [-0.3, -0.25) is 19.6 Å². The lowest BCUT2D eigenvalue weighted by Gasteiger charge is -2.31. The van der Waals surface area contributed by atoms with E-state index in [2.05, 4.69) is 5.10 Å². The lowest BCUT2D eigenvalue weighted by Crippen LogP contribution is -2.39. The molecule has 1 aliphatic rings. The number of rotatable bonds is 3. The number of carbonyl (C=O) groups is 1. The van der Waals surface area contributed by atoms with Gasteiger partial charge in [0.25, 0.3) is 0 Å². The fourth-order valence-electron chi connectivity index (χ4n) is 2.09. The van der Waals surface area contributed by atoms with Crippen molar-refractivity contribution in [1.29, 1.82) is 0 Å². The van der Waals surface area contributed by atoms with Gasteiger partial charge in [-0.2, -0.15) is 5.10 Å². The zero-order chi connectivity index (χ0) is 13.1. The van der Waals surface area contributed by atoms with Crippen molar-refractivity contribution in [3.63, 3.8) is 0 Å². The van der Waals surface area contributed by atoms with Gasteiger partial charge in [-0.1, -0.05) is 0 Å². The highest BCUT2D eigenvalue weighted by molar-refractivity contribution is 6.27. The van der Waals surface area contributed by atoms with Crippen molar-refractivity contribution in [1.82, 2.24) is 14.7 Å². The number of hydrogen-bond donors (Lipinski definition) is 0. The Hall–Kier alpha value is -1.63. The van der Waals surface area contributed by atoms with Gasteiger partial charge in [0.1, 0.15) is 18.3 Å². The molecule has 0 aromatic carbocycles. The van der Waals surface area contributed by atoms with Gasteiger partial charge >= 0.3 is 5.69 Å². The summed E-state index contributed by atoms with van der Waals surface area (Å²) in [6.45, 7) is 1.23. The lowest BCUT2D eigenvalue weighted by molar-refractivity contribution is -0.385. The molecule has 1 aromatic heterocycles. The second-order valence-corrected chi connectivity index (χ2v) is 4.45. The first-order valence-corrected chi connectivity index (χ1v) is 6.17. The molecule has 0 saturated carbocycles. The molecule has 1 saturated heterocycles. The first kappa shape index (κ1) is 12.8.